The Morgan fingerprint density at radius 2 is 1.49 bits per heavy atom. The number of aromatic nitrogens is 1. The predicted molar refractivity (Wildman–Crippen MR) is 147 cm³/mol. The molecule has 1 saturated heterocycles. The van der Waals surface area contributed by atoms with Crippen molar-refractivity contribution in [3.63, 3.8) is 0 Å². The van der Waals surface area contributed by atoms with Gasteiger partial charge in [-0.3, -0.25) is 19.8 Å². The molecule has 0 aliphatic carbocycles. The van der Waals surface area contributed by atoms with Crippen LogP contribution in [-0.4, -0.2) is 46.9 Å². The normalized spacial score (nSPS) is 14.5. The molecule has 1 N–H and O–H groups in total. The molecule has 0 bridgehead atoms. The lowest BCUT2D eigenvalue weighted by molar-refractivity contribution is -0.129. The van der Waals surface area contributed by atoms with Gasteiger partial charge in [0, 0.05) is 18.3 Å². The van der Waals surface area contributed by atoms with Gasteiger partial charge in [-0.1, -0.05) is 60.7 Å². The molecule has 1 aliphatic rings. The largest absolute Gasteiger partial charge is 0.462 e. The summed E-state index contributed by atoms with van der Waals surface area (Å²) in [7, 11) is 1.32. The Morgan fingerprint density at radius 3 is 2.10 bits per heavy atom. The fraction of sp³-hybridized carbons (Fsp3) is 0.0968. The van der Waals surface area contributed by atoms with E-state index in [-0.39, 0.29) is 12.2 Å². The summed E-state index contributed by atoms with van der Waals surface area (Å²) in [5, 5.41) is 2.21. The first-order valence-electron chi connectivity index (χ1n) is 12.4. The Kier molecular flexibility index (Phi) is 6.93. The molecule has 39 heavy (non-hydrogen) atoms. The number of esters is 1. The Bertz CT molecular complexity index is 1600. The molecule has 0 saturated carbocycles. The molecular formula is C31H25N3O5. The number of urea groups is 1. The topological polar surface area (TPSA) is 97.7 Å². The Balaban J connectivity index is 1.77. The van der Waals surface area contributed by atoms with Gasteiger partial charge >= 0.3 is 12.0 Å². The molecule has 1 aliphatic heterocycles. The zero-order chi connectivity index (χ0) is 27.5. The van der Waals surface area contributed by atoms with Gasteiger partial charge in [0.05, 0.1) is 23.6 Å². The van der Waals surface area contributed by atoms with Gasteiger partial charge in [0.15, 0.2) is 0 Å². The molecular weight excluding hydrogens is 494 g/mol. The van der Waals surface area contributed by atoms with Crippen LogP contribution < -0.4 is 5.32 Å². The average Bonchev–Trinajstić information content (AvgIpc) is 3.34. The number of carbonyl (C=O) groups excluding carboxylic acids is 4. The van der Waals surface area contributed by atoms with Crippen molar-refractivity contribution >= 4 is 29.9 Å². The van der Waals surface area contributed by atoms with Crippen LogP contribution in [0.4, 0.5) is 4.79 Å². The second kappa shape index (κ2) is 10.6. The SMILES string of the molecule is CCOC(=O)c1ccc(-n2c(-c3ccccc3)cc(/C=C3\C(=O)NC(=O)N(C)C3=O)c2-c2ccccc2)cc1. The van der Waals surface area contributed by atoms with Crippen LogP contribution in [0, 0.1) is 0 Å². The maximum Gasteiger partial charge on any atom is 0.338 e. The molecule has 194 valence electrons. The lowest BCUT2D eigenvalue weighted by atomic mass is 10.0. The van der Waals surface area contributed by atoms with Crippen molar-refractivity contribution in [3.8, 4) is 28.2 Å². The van der Waals surface area contributed by atoms with E-state index in [0.717, 1.165) is 33.1 Å². The average molecular weight is 520 g/mol. The standard InChI is InChI=1S/C31H25N3O5/c1-3-39-30(37)22-14-16-24(17-15-22)34-26(20-10-6-4-7-11-20)19-23(27(34)21-12-8-5-9-13-21)18-25-28(35)32-31(38)33(2)29(25)36/h4-19H,3H2,1-2H3,(H,32,35,38)/b25-18+. The third kappa shape index (κ3) is 4.87. The van der Waals surface area contributed by atoms with Crippen LogP contribution in [-0.2, 0) is 14.3 Å². The van der Waals surface area contributed by atoms with Crippen molar-refractivity contribution in [2.45, 2.75) is 6.92 Å². The monoisotopic (exact) mass is 519 g/mol. The van der Waals surface area contributed by atoms with E-state index in [1.807, 2.05) is 83.4 Å². The first-order chi connectivity index (χ1) is 18.9. The highest BCUT2D eigenvalue weighted by atomic mass is 16.5. The predicted octanol–water partition coefficient (Wildman–Crippen LogP) is 5.08. The summed E-state index contributed by atoms with van der Waals surface area (Å²) in [6.07, 6.45) is 1.51. The Labute approximate surface area is 225 Å². The van der Waals surface area contributed by atoms with Crippen LogP contribution in [0.5, 0.6) is 0 Å². The number of imide groups is 2. The molecule has 1 fully saturated rings. The van der Waals surface area contributed by atoms with E-state index in [9.17, 15) is 19.2 Å². The number of rotatable bonds is 6. The smallest absolute Gasteiger partial charge is 0.338 e. The molecule has 1 aromatic heterocycles. The molecule has 8 nitrogen and oxygen atoms in total. The molecule has 2 heterocycles. The summed E-state index contributed by atoms with van der Waals surface area (Å²) < 4.78 is 7.15. The lowest BCUT2D eigenvalue weighted by Crippen LogP contribution is -2.52. The van der Waals surface area contributed by atoms with E-state index in [1.165, 1.54) is 13.1 Å². The van der Waals surface area contributed by atoms with Gasteiger partial charge in [-0.25, -0.2) is 9.59 Å². The number of nitrogens with zero attached hydrogens (tertiary/aromatic N) is 2. The van der Waals surface area contributed by atoms with Crippen LogP contribution >= 0.6 is 0 Å². The molecule has 3 aromatic carbocycles. The molecule has 5 rings (SSSR count). The number of barbiturate groups is 1. The minimum Gasteiger partial charge on any atom is -0.462 e. The Hall–Kier alpha value is -5.24. The number of benzene rings is 3. The number of hydrogen-bond acceptors (Lipinski definition) is 5. The second-order valence-corrected chi connectivity index (χ2v) is 8.85. The molecule has 4 aromatic rings. The van der Waals surface area contributed by atoms with E-state index in [2.05, 4.69) is 5.32 Å². The molecule has 4 amide bonds. The number of amides is 4. The highest BCUT2D eigenvalue weighted by molar-refractivity contribution is 6.31. The van der Waals surface area contributed by atoms with Gasteiger partial charge in [-0.2, -0.15) is 0 Å². The maximum atomic E-state index is 12.9. The van der Waals surface area contributed by atoms with Gasteiger partial charge in [0.2, 0.25) is 0 Å². The highest BCUT2D eigenvalue weighted by Gasteiger charge is 2.33. The number of likely N-dealkylation sites (N-methyl/N-ethyl adjacent to an activating group) is 1. The van der Waals surface area contributed by atoms with E-state index >= 15 is 0 Å². The Morgan fingerprint density at radius 1 is 0.872 bits per heavy atom. The number of ether oxygens (including phenoxy) is 1. The van der Waals surface area contributed by atoms with Gasteiger partial charge in [-0.15, -0.1) is 0 Å². The van der Waals surface area contributed by atoms with Gasteiger partial charge < -0.3 is 9.30 Å². The minimum absolute atomic E-state index is 0.149. The molecule has 0 atom stereocenters. The van der Waals surface area contributed by atoms with Crippen molar-refractivity contribution in [2.24, 2.45) is 0 Å². The second-order valence-electron chi connectivity index (χ2n) is 8.85. The van der Waals surface area contributed by atoms with Crippen molar-refractivity contribution in [2.75, 3.05) is 13.7 Å². The third-order valence-corrected chi connectivity index (χ3v) is 6.39. The maximum absolute atomic E-state index is 12.9. The highest BCUT2D eigenvalue weighted by Crippen LogP contribution is 2.37. The van der Waals surface area contributed by atoms with Crippen LogP contribution in [0.15, 0.2) is 96.6 Å². The summed E-state index contributed by atoms with van der Waals surface area (Å²) in [6, 6.07) is 27.5. The molecule has 0 radical (unpaired) electrons. The quantitative estimate of drug-likeness (QED) is 0.218. The van der Waals surface area contributed by atoms with Crippen molar-refractivity contribution in [1.82, 2.24) is 14.8 Å². The lowest BCUT2D eigenvalue weighted by Gasteiger charge is -2.22. The number of hydrogen-bond donors (Lipinski definition) is 1. The number of carbonyl (C=O) groups is 4. The summed E-state index contributed by atoms with van der Waals surface area (Å²) in [6.45, 7) is 2.03. The van der Waals surface area contributed by atoms with Crippen LogP contribution in [0.3, 0.4) is 0 Å². The fourth-order valence-corrected chi connectivity index (χ4v) is 4.48. The number of nitrogens with one attached hydrogen (secondary N) is 1. The fourth-order valence-electron chi connectivity index (χ4n) is 4.48. The van der Waals surface area contributed by atoms with Crippen molar-refractivity contribution in [1.29, 1.82) is 0 Å². The summed E-state index contributed by atoms with van der Waals surface area (Å²) >= 11 is 0. The zero-order valence-corrected chi connectivity index (χ0v) is 21.4. The van der Waals surface area contributed by atoms with Crippen molar-refractivity contribution < 1.29 is 23.9 Å². The van der Waals surface area contributed by atoms with Crippen LogP contribution in [0.25, 0.3) is 34.3 Å². The third-order valence-electron chi connectivity index (χ3n) is 6.39. The summed E-state index contributed by atoms with van der Waals surface area (Å²) in [5.74, 6) is -1.85. The van der Waals surface area contributed by atoms with Crippen LogP contribution in [0.1, 0.15) is 22.8 Å². The van der Waals surface area contributed by atoms with E-state index in [4.69, 9.17) is 4.74 Å². The summed E-state index contributed by atoms with van der Waals surface area (Å²) in [5.41, 5.74) is 4.92. The zero-order valence-electron chi connectivity index (χ0n) is 21.4. The molecule has 8 heteroatoms. The van der Waals surface area contributed by atoms with Gasteiger partial charge in [0.25, 0.3) is 11.8 Å². The summed E-state index contributed by atoms with van der Waals surface area (Å²) in [4.78, 5) is 50.7. The molecule has 0 unspecified atom stereocenters. The first kappa shape index (κ1) is 25.4. The van der Waals surface area contributed by atoms with Gasteiger partial charge in [-0.05, 0) is 54.5 Å². The van der Waals surface area contributed by atoms with Crippen LogP contribution in [0.2, 0.25) is 0 Å². The van der Waals surface area contributed by atoms with E-state index < -0.39 is 23.8 Å². The molecule has 0 spiro atoms. The van der Waals surface area contributed by atoms with E-state index in [0.29, 0.717) is 11.1 Å². The van der Waals surface area contributed by atoms with E-state index in [1.54, 1.807) is 19.1 Å². The van der Waals surface area contributed by atoms with Crippen molar-refractivity contribution in [3.05, 3.63) is 108 Å². The first-order valence-corrected chi connectivity index (χ1v) is 12.4. The minimum atomic E-state index is -0.769. The van der Waals surface area contributed by atoms with Gasteiger partial charge in [0.1, 0.15) is 5.57 Å².